The molecule has 1 atom stereocenters. The molecule has 2 heterocycles. The number of anilines is 1. The Balaban J connectivity index is 0.00000363. The van der Waals surface area contributed by atoms with E-state index in [0.717, 1.165) is 11.3 Å². The maximum absolute atomic E-state index is 12.8. The van der Waals surface area contributed by atoms with E-state index in [0.29, 0.717) is 71.3 Å². The fourth-order valence-corrected chi connectivity index (χ4v) is 3.63. The van der Waals surface area contributed by atoms with Crippen LogP contribution in [-0.4, -0.2) is 81.4 Å². The Bertz CT molecular complexity index is 794. The second kappa shape index (κ2) is 13.3. The Morgan fingerprint density at radius 2 is 1.72 bits per heavy atom. The fourth-order valence-electron chi connectivity index (χ4n) is 3.63. The van der Waals surface area contributed by atoms with Crippen molar-refractivity contribution in [1.29, 1.82) is 0 Å². The van der Waals surface area contributed by atoms with Crippen molar-refractivity contribution in [1.82, 2.24) is 10.2 Å². The minimum Gasteiger partial charge on any atom is -0.382 e. The summed E-state index contributed by atoms with van der Waals surface area (Å²) in [6, 6.07) is 4.87. The fraction of sp³-hybridized carbons (Fsp3) is 0.571. The predicted octanol–water partition coefficient (Wildman–Crippen LogP) is 0.290. The number of fused-ring (bicyclic) bond motifs is 1. The van der Waals surface area contributed by atoms with Crippen LogP contribution in [0, 0.1) is 0 Å². The van der Waals surface area contributed by atoms with E-state index in [1.165, 1.54) is 0 Å². The van der Waals surface area contributed by atoms with Crippen molar-refractivity contribution in [2.75, 3.05) is 58.0 Å². The quantitative estimate of drug-likeness (QED) is 0.277. The van der Waals surface area contributed by atoms with Crippen molar-refractivity contribution in [3.8, 4) is 0 Å². The molecule has 11 heteroatoms. The number of nitrogens with zero attached hydrogens (tertiary/aromatic N) is 1. The van der Waals surface area contributed by atoms with Crippen LogP contribution in [0.2, 0.25) is 0 Å². The molecule has 1 aromatic carbocycles. The van der Waals surface area contributed by atoms with Gasteiger partial charge in [-0.1, -0.05) is 6.07 Å². The molecule has 0 bridgehead atoms. The molecular formula is C21H31ClN4O6. The molecule has 0 aromatic heterocycles. The van der Waals surface area contributed by atoms with E-state index in [-0.39, 0.29) is 30.6 Å². The molecule has 0 spiro atoms. The van der Waals surface area contributed by atoms with Crippen molar-refractivity contribution < 1.29 is 28.6 Å². The molecule has 32 heavy (non-hydrogen) atoms. The van der Waals surface area contributed by atoms with Crippen molar-refractivity contribution in [3.05, 3.63) is 29.3 Å². The summed E-state index contributed by atoms with van der Waals surface area (Å²) in [5.41, 5.74) is 7.62. The number of piperidine rings is 1. The summed E-state index contributed by atoms with van der Waals surface area (Å²) in [6.45, 7) is 4.43. The minimum atomic E-state index is -0.616. The molecule has 0 saturated carbocycles. The number of hydrogen-bond donors (Lipinski definition) is 3. The zero-order chi connectivity index (χ0) is 22.1. The van der Waals surface area contributed by atoms with Gasteiger partial charge in [-0.15, -0.1) is 12.4 Å². The van der Waals surface area contributed by atoms with Crippen LogP contribution >= 0.6 is 12.4 Å². The third-order valence-electron chi connectivity index (χ3n) is 5.15. The van der Waals surface area contributed by atoms with Crippen LogP contribution in [0.25, 0.3) is 0 Å². The molecule has 0 aliphatic carbocycles. The van der Waals surface area contributed by atoms with Gasteiger partial charge in [-0.2, -0.15) is 0 Å². The highest BCUT2D eigenvalue weighted by Crippen LogP contribution is 2.32. The lowest BCUT2D eigenvalue weighted by atomic mass is 10.0. The Hall–Kier alpha value is -2.24. The molecule has 3 amide bonds. The van der Waals surface area contributed by atoms with Crippen LogP contribution in [0.1, 0.15) is 28.8 Å². The summed E-state index contributed by atoms with van der Waals surface area (Å²) < 4.78 is 16.2. The summed E-state index contributed by atoms with van der Waals surface area (Å²) in [4.78, 5) is 37.9. The Kier molecular flexibility index (Phi) is 10.8. The highest BCUT2D eigenvalue weighted by Gasteiger charge is 2.39. The molecule has 2 aliphatic rings. The maximum atomic E-state index is 12.8. The molecular weight excluding hydrogens is 440 g/mol. The first kappa shape index (κ1) is 26.0. The zero-order valence-corrected chi connectivity index (χ0v) is 18.8. The van der Waals surface area contributed by atoms with Crippen LogP contribution in [0.4, 0.5) is 5.69 Å². The third kappa shape index (κ3) is 6.88. The second-order valence-electron chi connectivity index (χ2n) is 7.28. The molecule has 3 rings (SSSR count). The lowest BCUT2D eigenvalue weighted by Crippen LogP contribution is -2.52. The lowest BCUT2D eigenvalue weighted by Gasteiger charge is -2.29. The van der Waals surface area contributed by atoms with Crippen LogP contribution in [0.5, 0.6) is 0 Å². The number of nitrogens with one attached hydrogen (secondary N) is 2. The van der Waals surface area contributed by atoms with E-state index in [1.54, 1.807) is 11.0 Å². The molecule has 4 N–H and O–H groups in total. The van der Waals surface area contributed by atoms with E-state index in [2.05, 4.69) is 10.6 Å². The smallest absolute Gasteiger partial charge is 0.255 e. The van der Waals surface area contributed by atoms with E-state index in [9.17, 15) is 14.4 Å². The zero-order valence-electron chi connectivity index (χ0n) is 18.0. The average molecular weight is 471 g/mol. The molecule has 1 saturated heterocycles. The van der Waals surface area contributed by atoms with Gasteiger partial charge in [0.15, 0.2) is 0 Å². The molecule has 1 aromatic rings. The number of imide groups is 1. The topological polar surface area (TPSA) is 132 Å². The van der Waals surface area contributed by atoms with Crippen molar-refractivity contribution in [2.24, 2.45) is 5.73 Å². The summed E-state index contributed by atoms with van der Waals surface area (Å²) in [6.07, 6.45) is 0.589. The monoisotopic (exact) mass is 470 g/mol. The van der Waals surface area contributed by atoms with Gasteiger partial charge in [0.05, 0.1) is 39.6 Å². The maximum Gasteiger partial charge on any atom is 0.255 e. The number of hydrogen-bond acceptors (Lipinski definition) is 8. The second-order valence-corrected chi connectivity index (χ2v) is 7.28. The van der Waals surface area contributed by atoms with E-state index in [1.807, 2.05) is 12.1 Å². The first-order valence-electron chi connectivity index (χ1n) is 10.6. The Labute approximate surface area is 193 Å². The molecule has 1 unspecified atom stereocenters. The highest BCUT2D eigenvalue weighted by atomic mass is 35.5. The standard InChI is InChI=1S/C21H30N4O6.ClH/c22-6-8-29-10-12-31-13-11-30-9-7-23-17-3-1-2-15-16(17)14-25(21(15)28)18-4-5-19(26)24-20(18)27;/h1-3,18,23H,4-14,22H2,(H,24,26,27);1H. The van der Waals surface area contributed by atoms with Gasteiger partial charge in [0, 0.05) is 42.9 Å². The van der Waals surface area contributed by atoms with Gasteiger partial charge in [0.1, 0.15) is 6.04 Å². The number of ether oxygens (including phenoxy) is 3. The van der Waals surface area contributed by atoms with E-state index in [4.69, 9.17) is 19.9 Å². The van der Waals surface area contributed by atoms with Crippen LogP contribution < -0.4 is 16.4 Å². The van der Waals surface area contributed by atoms with Gasteiger partial charge in [0.25, 0.3) is 5.91 Å². The van der Waals surface area contributed by atoms with Gasteiger partial charge >= 0.3 is 0 Å². The van der Waals surface area contributed by atoms with Crippen molar-refractivity contribution in [2.45, 2.75) is 25.4 Å². The number of halogens is 1. The number of carbonyl (C=O) groups excluding carboxylic acids is 3. The van der Waals surface area contributed by atoms with E-state index >= 15 is 0 Å². The Morgan fingerprint density at radius 1 is 1.03 bits per heavy atom. The van der Waals surface area contributed by atoms with Gasteiger partial charge in [0.2, 0.25) is 11.8 Å². The van der Waals surface area contributed by atoms with Crippen LogP contribution in [0.3, 0.4) is 0 Å². The number of benzene rings is 1. The summed E-state index contributed by atoms with van der Waals surface area (Å²) in [5.74, 6) is -0.886. The third-order valence-corrected chi connectivity index (χ3v) is 5.15. The normalized spacial score (nSPS) is 17.7. The summed E-state index contributed by atoms with van der Waals surface area (Å²) >= 11 is 0. The van der Waals surface area contributed by atoms with E-state index < -0.39 is 11.9 Å². The molecule has 178 valence electrons. The lowest BCUT2D eigenvalue weighted by molar-refractivity contribution is -0.136. The average Bonchev–Trinajstić information content (AvgIpc) is 3.09. The highest BCUT2D eigenvalue weighted by molar-refractivity contribution is 6.06. The molecule has 1 fully saturated rings. The number of rotatable bonds is 13. The molecule has 0 radical (unpaired) electrons. The summed E-state index contributed by atoms with van der Waals surface area (Å²) in [7, 11) is 0. The first-order chi connectivity index (χ1) is 15.1. The number of carbonyl (C=O) groups is 3. The first-order valence-corrected chi connectivity index (χ1v) is 10.6. The number of nitrogens with two attached hydrogens (primary N) is 1. The van der Waals surface area contributed by atoms with Gasteiger partial charge in [-0.05, 0) is 18.6 Å². The van der Waals surface area contributed by atoms with Gasteiger partial charge in [-0.3, -0.25) is 19.7 Å². The van der Waals surface area contributed by atoms with Gasteiger partial charge < -0.3 is 30.2 Å². The predicted molar refractivity (Wildman–Crippen MR) is 120 cm³/mol. The largest absolute Gasteiger partial charge is 0.382 e. The SMILES string of the molecule is Cl.NCCOCCOCCOCCNc1cccc2c1CN(C1CCC(=O)NC1=O)C2=O. The van der Waals surface area contributed by atoms with Crippen LogP contribution in [0.15, 0.2) is 18.2 Å². The van der Waals surface area contributed by atoms with Crippen LogP contribution in [-0.2, 0) is 30.3 Å². The molecule has 2 aliphatic heterocycles. The van der Waals surface area contributed by atoms with Gasteiger partial charge in [-0.25, -0.2) is 0 Å². The minimum absolute atomic E-state index is 0. The summed E-state index contributed by atoms with van der Waals surface area (Å²) in [5, 5.41) is 5.62. The van der Waals surface area contributed by atoms with Crippen molar-refractivity contribution >= 4 is 35.8 Å². The van der Waals surface area contributed by atoms with Crippen molar-refractivity contribution in [3.63, 3.8) is 0 Å². The number of amides is 3. The Morgan fingerprint density at radius 3 is 2.41 bits per heavy atom. The molecule has 10 nitrogen and oxygen atoms in total.